The van der Waals surface area contributed by atoms with E-state index in [-0.39, 0.29) is 17.5 Å². The monoisotopic (exact) mass is 182 g/mol. The van der Waals surface area contributed by atoms with E-state index in [2.05, 4.69) is 6.08 Å². The van der Waals surface area contributed by atoms with Gasteiger partial charge in [0.25, 0.3) is 0 Å². The van der Waals surface area contributed by atoms with E-state index < -0.39 is 0 Å². The smallest absolute Gasteiger partial charge is 0.311 e. The van der Waals surface area contributed by atoms with Gasteiger partial charge in [0.1, 0.15) is 6.10 Å². The lowest BCUT2D eigenvalue weighted by molar-refractivity contribution is -0.156. The first-order valence-corrected chi connectivity index (χ1v) is 4.88. The van der Waals surface area contributed by atoms with Crippen LogP contribution in [0, 0.1) is 5.41 Å². The molecule has 1 atom stereocenters. The van der Waals surface area contributed by atoms with E-state index in [9.17, 15) is 4.79 Å². The van der Waals surface area contributed by atoms with E-state index in [0.29, 0.717) is 0 Å². The fraction of sp³-hybridized carbons (Fsp3) is 0.727. The molecule has 0 N–H and O–H groups in total. The van der Waals surface area contributed by atoms with Gasteiger partial charge in [0, 0.05) is 0 Å². The van der Waals surface area contributed by atoms with E-state index in [1.54, 1.807) is 0 Å². The number of carbonyl (C=O) groups is 1. The lowest BCUT2D eigenvalue weighted by atomic mass is 9.97. The van der Waals surface area contributed by atoms with Crippen molar-refractivity contribution in [2.75, 3.05) is 0 Å². The molecule has 0 aromatic heterocycles. The first-order chi connectivity index (χ1) is 6.00. The molecule has 0 fully saturated rings. The predicted octanol–water partition coefficient (Wildman–Crippen LogP) is 2.68. The fourth-order valence-corrected chi connectivity index (χ4v) is 1.19. The second-order valence-electron chi connectivity index (χ2n) is 4.55. The van der Waals surface area contributed by atoms with Gasteiger partial charge in [0.2, 0.25) is 0 Å². The molecule has 13 heavy (non-hydrogen) atoms. The van der Waals surface area contributed by atoms with Crippen LogP contribution in [0.4, 0.5) is 0 Å². The lowest BCUT2D eigenvalue weighted by Gasteiger charge is -2.22. The Morgan fingerprint density at radius 1 is 1.46 bits per heavy atom. The maximum Gasteiger partial charge on any atom is 0.311 e. The van der Waals surface area contributed by atoms with Gasteiger partial charge in [-0.1, -0.05) is 6.08 Å². The molecule has 0 aliphatic heterocycles. The standard InChI is InChI=1S/C11H18O2/c1-11(2,3)10(12)13-9-7-5-4-6-8-9/h5,7,9H,4,6,8H2,1-3H3. The fourth-order valence-electron chi connectivity index (χ4n) is 1.19. The molecule has 1 unspecified atom stereocenters. The van der Waals surface area contributed by atoms with E-state index in [4.69, 9.17) is 4.74 Å². The summed E-state index contributed by atoms with van der Waals surface area (Å²) < 4.78 is 5.33. The van der Waals surface area contributed by atoms with Gasteiger partial charge < -0.3 is 4.74 Å². The van der Waals surface area contributed by atoms with Crippen molar-refractivity contribution in [2.45, 2.75) is 46.1 Å². The summed E-state index contributed by atoms with van der Waals surface area (Å²) in [4.78, 5) is 11.5. The van der Waals surface area contributed by atoms with E-state index >= 15 is 0 Å². The largest absolute Gasteiger partial charge is 0.458 e. The van der Waals surface area contributed by atoms with Crippen molar-refractivity contribution in [3.63, 3.8) is 0 Å². The van der Waals surface area contributed by atoms with Crippen LogP contribution < -0.4 is 0 Å². The third kappa shape index (κ3) is 3.21. The molecule has 0 aromatic rings. The highest BCUT2D eigenvalue weighted by Crippen LogP contribution is 2.20. The van der Waals surface area contributed by atoms with Crippen molar-refractivity contribution in [1.29, 1.82) is 0 Å². The Morgan fingerprint density at radius 3 is 2.62 bits per heavy atom. The van der Waals surface area contributed by atoms with Crippen LogP contribution in [0.1, 0.15) is 40.0 Å². The highest BCUT2D eigenvalue weighted by Gasteiger charge is 2.25. The molecule has 74 valence electrons. The zero-order valence-electron chi connectivity index (χ0n) is 8.67. The Labute approximate surface area is 80.0 Å². The molecular weight excluding hydrogens is 164 g/mol. The van der Waals surface area contributed by atoms with Crippen molar-refractivity contribution in [3.05, 3.63) is 12.2 Å². The first kappa shape index (κ1) is 10.3. The topological polar surface area (TPSA) is 26.3 Å². The van der Waals surface area contributed by atoms with Crippen LogP contribution in [0.3, 0.4) is 0 Å². The van der Waals surface area contributed by atoms with E-state index in [1.165, 1.54) is 0 Å². The molecule has 0 heterocycles. The average molecular weight is 182 g/mol. The van der Waals surface area contributed by atoms with E-state index in [1.807, 2.05) is 26.8 Å². The summed E-state index contributed by atoms with van der Waals surface area (Å²) in [5, 5.41) is 0. The Hall–Kier alpha value is -0.790. The lowest BCUT2D eigenvalue weighted by Crippen LogP contribution is -2.28. The van der Waals surface area contributed by atoms with Crippen LogP contribution in [-0.2, 0) is 9.53 Å². The molecule has 0 bridgehead atoms. The number of hydrogen-bond acceptors (Lipinski definition) is 2. The van der Waals surface area contributed by atoms with Crippen molar-refractivity contribution < 1.29 is 9.53 Å². The summed E-state index contributed by atoms with van der Waals surface area (Å²) >= 11 is 0. The third-order valence-corrected chi connectivity index (χ3v) is 2.08. The molecular formula is C11H18O2. The summed E-state index contributed by atoms with van der Waals surface area (Å²) in [5.74, 6) is -0.107. The van der Waals surface area contributed by atoms with E-state index in [0.717, 1.165) is 19.3 Å². The zero-order chi connectivity index (χ0) is 9.90. The maximum absolute atomic E-state index is 11.5. The molecule has 2 nitrogen and oxygen atoms in total. The SMILES string of the molecule is CC(C)(C)C(=O)OC1C=CCCC1. The third-order valence-electron chi connectivity index (χ3n) is 2.08. The van der Waals surface area contributed by atoms with Gasteiger partial charge in [-0.3, -0.25) is 4.79 Å². The van der Waals surface area contributed by atoms with Gasteiger partial charge in [0.15, 0.2) is 0 Å². The van der Waals surface area contributed by atoms with Crippen LogP contribution in [0.25, 0.3) is 0 Å². The predicted molar refractivity (Wildman–Crippen MR) is 52.3 cm³/mol. The summed E-state index contributed by atoms with van der Waals surface area (Å²) in [7, 11) is 0. The summed E-state index contributed by atoms with van der Waals surface area (Å²) in [5.41, 5.74) is -0.384. The van der Waals surface area contributed by atoms with Crippen molar-refractivity contribution >= 4 is 5.97 Å². The Kier molecular flexibility index (Phi) is 3.12. The second kappa shape index (κ2) is 3.95. The average Bonchev–Trinajstić information content (AvgIpc) is 2.04. The molecule has 0 radical (unpaired) electrons. The minimum absolute atomic E-state index is 0.0143. The van der Waals surface area contributed by atoms with Crippen LogP contribution in [0.5, 0.6) is 0 Å². The number of carbonyl (C=O) groups excluding carboxylic acids is 1. The van der Waals surface area contributed by atoms with Crippen molar-refractivity contribution in [1.82, 2.24) is 0 Å². The van der Waals surface area contributed by atoms with Crippen LogP contribution in [0.15, 0.2) is 12.2 Å². The molecule has 2 heteroatoms. The molecule has 0 saturated heterocycles. The number of esters is 1. The minimum Gasteiger partial charge on any atom is -0.458 e. The second-order valence-corrected chi connectivity index (χ2v) is 4.55. The van der Waals surface area contributed by atoms with Crippen LogP contribution >= 0.6 is 0 Å². The number of ether oxygens (including phenoxy) is 1. The van der Waals surface area contributed by atoms with Gasteiger partial charge >= 0.3 is 5.97 Å². The first-order valence-electron chi connectivity index (χ1n) is 4.88. The number of allylic oxidation sites excluding steroid dienone is 1. The Balaban J connectivity index is 2.44. The number of hydrogen-bond donors (Lipinski definition) is 0. The number of rotatable bonds is 1. The van der Waals surface area contributed by atoms with Gasteiger partial charge in [-0.25, -0.2) is 0 Å². The molecule has 1 aliphatic carbocycles. The maximum atomic E-state index is 11.5. The van der Waals surface area contributed by atoms with Crippen molar-refractivity contribution in [2.24, 2.45) is 5.41 Å². The Bertz CT molecular complexity index is 211. The quantitative estimate of drug-likeness (QED) is 0.460. The molecule has 0 saturated carbocycles. The summed E-state index contributed by atoms with van der Waals surface area (Å²) in [6.45, 7) is 5.63. The van der Waals surface area contributed by atoms with Crippen LogP contribution in [-0.4, -0.2) is 12.1 Å². The normalized spacial score (nSPS) is 22.8. The summed E-state index contributed by atoms with van der Waals surface area (Å²) in [6.07, 6.45) is 7.30. The molecule has 1 rings (SSSR count). The van der Waals surface area contributed by atoms with Crippen LogP contribution in [0.2, 0.25) is 0 Å². The van der Waals surface area contributed by atoms with Crippen molar-refractivity contribution in [3.8, 4) is 0 Å². The molecule has 0 aromatic carbocycles. The molecule has 1 aliphatic rings. The van der Waals surface area contributed by atoms with Gasteiger partial charge in [0.05, 0.1) is 5.41 Å². The highest BCUT2D eigenvalue weighted by atomic mass is 16.5. The van der Waals surface area contributed by atoms with Gasteiger partial charge in [-0.2, -0.15) is 0 Å². The Morgan fingerprint density at radius 2 is 2.15 bits per heavy atom. The van der Waals surface area contributed by atoms with Gasteiger partial charge in [-0.15, -0.1) is 0 Å². The molecule has 0 spiro atoms. The summed E-state index contributed by atoms with van der Waals surface area (Å²) in [6, 6.07) is 0. The highest BCUT2D eigenvalue weighted by molar-refractivity contribution is 5.75. The molecule has 0 amide bonds. The van der Waals surface area contributed by atoms with Gasteiger partial charge in [-0.05, 0) is 46.1 Å². The minimum atomic E-state index is -0.384. The zero-order valence-corrected chi connectivity index (χ0v) is 8.67.